The van der Waals surface area contributed by atoms with Crippen molar-refractivity contribution in [1.82, 2.24) is 15.2 Å². The van der Waals surface area contributed by atoms with Gasteiger partial charge in [-0.25, -0.2) is 4.98 Å². The van der Waals surface area contributed by atoms with Crippen molar-refractivity contribution in [2.45, 2.75) is 51.6 Å². The average Bonchev–Trinajstić information content (AvgIpc) is 3.20. The third-order valence-corrected chi connectivity index (χ3v) is 5.09. The highest BCUT2D eigenvalue weighted by atomic mass is 32.1. The summed E-state index contributed by atoms with van der Waals surface area (Å²) in [5.41, 5.74) is 1.14. The van der Waals surface area contributed by atoms with Gasteiger partial charge in [-0.05, 0) is 39.5 Å². The topological polar surface area (TPSA) is 45.2 Å². The normalized spacial score (nSPS) is 22.0. The molecule has 0 bridgehead atoms. The molecule has 3 rings (SSSR count). The van der Waals surface area contributed by atoms with Crippen LogP contribution in [0.25, 0.3) is 0 Å². The Balaban J connectivity index is 1.47. The van der Waals surface area contributed by atoms with Gasteiger partial charge in [0.25, 0.3) is 0 Å². The van der Waals surface area contributed by atoms with E-state index in [-0.39, 0.29) is 0 Å². The van der Waals surface area contributed by atoms with Gasteiger partial charge in [0.05, 0.1) is 10.7 Å². The second-order valence-corrected chi connectivity index (χ2v) is 7.12. The Morgan fingerprint density at radius 2 is 2.10 bits per heavy atom. The fourth-order valence-electron chi connectivity index (χ4n) is 2.87. The summed E-state index contributed by atoms with van der Waals surface area (Å²) in [5, 5.41) is 6.92. The quantitative estimate of drug-likeness (QED) is 0.927. The number of aromatic nitrogens is 1. The third kappa shape index (κ3) is 3.20. The summed E-state index contributed by atoms with van der Waals surface area (Å²) >= 11 is 1.71. The number of nitrogens with zero attached hydrogens (tertiary/aromatic N) is 2. The Morgan fingerprint density at radius 3 is 2.65 bits per heavy atom. The lowest BCUT2D eigenvalue weighted by atomic mass is 10.0. The van der Waals surface area contributed by atoms with Crippen molar-refractivity contribution in [1.29, 1.82) is 0 Å². The van der Waals surface area contributed by atoms with Gasteiger partial charge in [-0.2, -0.15) is 0 Å². The number of thiazole rings is 1. The molecule has 1 aliphatic carbocycles. The molecule has 1 aromatic heterocycles. The molecule has 0 aromatic carbocycles. The van der Waals surface area contributed by atoms with Crippen LogP contribution < -0.4 is 5.32 Å². The van der Waals surface area contributed by atoms with Gasteiger partial charge >= 0.3 is 0 Å². The van der Waals surface area contributed by atoms with Crippen molar-refractivity contribution < 1.29 is 4.79 Å². The van der Waals surface area contributed by atoms with E-state index in [9.17, 15) is 4.79 Å². The molecule has 1 N–H and O–H groups in total. The van der Waals surface area contributed by atoms with Crippen molar-refractivity contribution in [2.75, 3.05) is 13.1 Å². The van der Waals surface area contributed by atoms with E-state index < -0.39 is 0 Å². The average molecular weight is 293 g/mol. The zero-order chi connectivity index (χ0) is 14.1. The van der Waals surface area contributed by atoms with Gasteiger partial charge in [0.15, 0.2) is 0 Å². The largest absolute Gasteiger partial charge is 0.342 e. The number of carbonyl (C=O) groups is 1. The molecular formula is C15H23N3OS. The Hall–Kier alpha value is -0.940. The summed E-state index contributed by atoms with van der Waals surface area (Å²) in [5.74, 6) is 0.753. The van der Waals surface area contributed by atoms with Crippen LogP contribution in [0.15, 0.2) is 5.38 Å². The van der Waals surface area contributed by atoms with E-state index in [0.717, 1.165) is 49.5 Å². The second-order valence-electron chi connectivity index (χ2n) is 6.05. The van der Waals surface area contributed by atoms with Crippen LogP contribution in [0.2, 0.25) is 0 Å². The molecule has 1 saturated heterocycles. The van der Waals surface area contributed by atoms with Crippen LogP contribution in [0.3, 0.4) is 0 Å². The maximum absolute atomic E-state index is 12.0. The molecule has 1 amide bonds. The fraction of sp³-hybridized carbons (Fsp3) is 0.733. The summed E-state index contributed by atoms with van der Waals surface area (Å²) in [7, 11) is 0. The van der Waals surface area contributed by atoms with E-state index in [2.05, 4.69) is 27.5 Å². The van der Waals surface area contributed by atoms with Gasteiger partial charge in [-0.3, -0.25) is 4.79 Å². The summed E-state index contributed by atoms with van der Waals surface area (Å²) in [6, 6.07) is 0.811. The van der Waals surface area contributed by atoms with Gasteiger partial charge < -0.3 is 10.2 Å². The zero-order valence-corrected chi connectivity index (χ0v) is 13.1. The van der Waals surface area contributed by atoms with E-state index in [1.54, 1.807) is 11.3 Å². The first-order valence-corrected chi connectivity index (χ1v) is 8.48. The number of rotatable bonds is 4. The van der Waals surface area contributed by atoms with Crippen LogP contribution in [-0.4, -0.2) is 34.9 Å². The number of amides is 1. The van der Waals surface area contributed by atoms with Gasteiger partial charge in [-0.15, -0.1) is 11.3 Å². The standard InChI is InChI=1S/C15H23N3OS/c1-10(14-9-20-11(2)17-14)16-13-5-7-18(8-6-13)15(19)12-3-4-12/h9-10,12-13,16H,3-8H2,1-2H3. The van der Waals surface area contributed by atoms with Crippen LogP contribution in [0.1, 0.15) is 49.4 Å². The number of hydrogen-bond acceptors (Lipinski definition) is 4. The minimum atomic E-state index is 0.302. The number of nitrogens with one attached hydrogen (secondary N) is 1. The van der Waals surface area contributed by atoms with E-state index in [4.69, 9.17) is 0 Å². The SMILES string of the molecule is Cc1nc(C(C)NC2CCN(C(=O)C3CC3)CC2)cs1. The van der Waals surface area contributed by atoms with Crippen LogP contribution in [0, 0.1) is 12.8 Å². The highest BCUT2D eigenvalue weighted by Crippen LogP contribution is 2.32. The molecule has 1 aliphatic heterocycles. The molecule has 4 nitrogen and oxygen atoms in total. The molecule has 1 saturated carbocycles. The zero-order valence-electron chi connectivity index (χ0n) is 12.3. The molecule has 1 aromatic rings. The van der Waals surface area contributed by atoms with Gasteiger partial charge in [0, 0.05) is 36.5 Å². The van der Waals surface area contributed by atoms with Crippen LogP contribution in [0.4, 0.5) is 0 Å². The number of aryl methyl sites for hydroxylation is 1. The first kappa shape index (κ1) is 14.0. The molecule has 0 radical (unpaired) electrons. The first-order chi connectivity index (χ1) is 9.63. The Kier molecular flexibility index (Phi) is 4.08. The first-order valence-electron chi connectivity index (χ1n) is 7.60. The Labute approximate surface area is 124 Å². The van der Waals surface area contributed by atoms with E-state index in [1.165, 1.54) is 0 Å². The van der Waals surface area contributed by atoms with Crippen LogP contribution >= 0.6 is 11.3 Å². The van der Waals surface area contributed by atoms with Crippen molar-refractivity contribution in [3.05, 3.63) is 16.1 Å². The lowest BCUT2D eigenvalue weighted by molar-refractivity contribution is -0.133. The molecule has 5 heteroatoms. The summed E-state index contributed by atoms with van der Waals surface area (Å²) in [6.45, 7) is 6.05. The number of likely N-dealkylation sites (tertiary alicyclic amines) is 1. The van der Waals surface area contributed by atoms with Crippen molar-refractivity contribution >= 4 is 17.2 Å². The third-order valence-electron chi connectivity index (χ3n) is 4.30. The molecule has 0 spiro atoms. The van der Waals surface area contributed by atoms with Crippen molar-refractivity contribution in [3.63, 3.8) is 0 Å². The van der Waals surface area contributed by atoms with E-state index in [0.29, 0.717) is 23.9 Å². The molecule has 20 heavy (non-hydrogen) atoms. The van der Waals surface area contributed by atoms with Gasteiger partial charge in [0.2, 0.25) is 5.91 Å². The van der Waals surface area contributed by atoms with Crippen LogP contribution in [0.5, 0.6) is 0 Å². The predicted molar refractivity (Wildman–Crippen MR) is 80.7 cm³/mol. The highest BCUT2D eigenvalue weighted by Gasteiger charge is 2.35. The maximum Gasteiger partial charge on any atom is 0.225 e. The lowest BCUT2D eigenvalue weighted by Crippen LogP contribution is -2.46. The van der Waals surface area contributed by atoms with Gasteiger partial charge in [-0.1, -0.05) is 0 Å². The van der Waals surface area contributed by atoms with Gasteiger partial charge in [0.1, 0.15) is 0 Å². The lowest BCUT2D eigenvalue weighted by Gasteiger charge is -2.33. The smallest absolute Gasteiger partial charge is 0.225 e. The summed E-state index contributed by atoms with van der Waals surface area (Å²) < 4.78 is 0. The maximum atomic E-state index is 12.0. The van der Waals surface area contributed by atoms with E-state index >= 15 is 0 Å². The van der Waals surface area contributed by atoms with E-state index in [1.807, 2.05) is 6.92 Å². The molecule has 110 valence electrons. The minimum absolute atomic E-state index is 0.302. The molecule has 2 heterocycles. The predicted octanol–water partition coefficient (Wildman–Crippen LogP) is 2.50. The number of hydrogen-bond donors (Lipinski definition) is 1. The molecule has 1 atom stereocenters. The second kappa shape index (κ2) is 5.82. The molecule has 2 aliphatic rings. The summed E-state index contributed by atoms with van der Waals surface area (Å²) in [6.07, 6.45) is 4.34. The highest BCUT2D eigenvalue weighted by molar-refractivity contribution is 7.09. The Bertz CT molecular complexity index is 475. The number of piperidine rings is 1. The fourth-order valence-corrected chi connectivity index (χ4v) is 3.58. The summed E-state index contributed by atoms with van der Waals surface area (Å²) in [4.78, 5) is 18.6. The van der Waals surface area contributed by atoms with Crippen LogP contribution in [-0.2, 0) is 4.79 Å². The monoisotopic (exact) mass is 293 g/mol. The molecule has 2 fully saturated rings. The van der Waals surface area contributed by atoms with Crippen molar-refractivity contribution in [3.8, 4) is 0 Å². The number of carbonyl (C=O) groups excluding carboxylic acids is 1. The van der Waals surface area contributed by atoms with Crippen molar-refractivity contribution in [2.24, 2.45) is 5.92 Å². The molecular weight excluding hydrogens is 270 g/mol. The Morgan fingerprint density at radius 1 is 1.40 bits per heavy atom. The minimum Gasteiger partial charge on any atom is -0.342 e. The molecule has 1 unspecified atom stereocenters.